The summed E-state index contributed by atoms with van der Waals surface area (Å²) in [6.07, 6.45) is 0.713. The predicted octanol–water partition coefficient (Wildman–Crippen LogP) is 2.77. The molecule has 5 heteroatoms. The summed E-state index contributed by atoms with van der Waals surface area (Å²) in [5.74, 6) is -0.0467. The zero-order valence-electron chi connectivity index (χ0n) is 11.1. The Morgan fingerprint density at radius 1 is 1.53 bits per heavy atom. The van der Waals surface area contributed by atoms with Crippen molar-refractivity contribution in [1.82, 2.24) is 0 Å². The molecule has 0 aliphatic heterocycles. The Morgan fingerprint density at radius 2 is 2.21 bits per heavy atom. The average Bonchev–Trinajstić information content (AvgIpc) is 2.35. The molecule has 1 rings (SSSR count). The van der Waals surface area contributed by atoms with Crippen LogP contribution in [-0.4, -0.2) is 12.5 Å². The Kier molecular flexibility index (Phi) is 5.81. The second-order valence-electron chi connectivity index (χ2n) is 4.85. The number of carbonyl (C=O) groups is 1. The molecule has 0 radical (unpaired) electrons. The second-order valence-corrected chi connectivity index (χ2v) is 5.29. The van der Waals surface area contributed by atoms with Crippen molar-refractivity contribution in [3.8, 4) is 6.07 Å². The SMILES string of the molecule is CC(C)CC(CN)C(=O)Nc1cc(Cl)ccc1C#N. The molecule has 0 aromatic heterocycles. The van der Waals surface area contributed by atoms with Crippen molar-refractivity contribution >= 4 is 23.2 Å². The van der Waals surface area contributed by atoms with Crippen LogP contribution in [0.4, 0.5) is 5.69 Å². The van der Waals surface area contributed by atoms with E-state index in [-0.39, 0.29) is 18.4 Å². The van der Waals surface area contributed by atoms with Gasteiger partial charge in [0.15, 0.2) is 0 Å². The fraction of sp³-hybridized carbons (Fsp3) is 0.429. The maximum Gasteiger partial charge on any atom is 0.228 e. The van der Waals surface area contributed by atoms with Crippen LogP contribution in [0.1, 0.15) is 25.8 Å². The van der Waals surface area contributed by atoms with Gasteiger partial charge in [-0.05, 0) is 30.5 Å². The molecule has 1 amide bonds. The van der Waals surface area contributed by atoms with E-state index in [1.807, 2.05) is 19.9 Å². The van der Waals surface area contributed by atoms with E-state index < -0.39 is 0 Å². The lowest BCUT2D eigenvalue weighted by Crippen LogP contribution is -2.30. The lowest BCUT2D eigenvalue weighted by Gasteiger charge is -2.17. The summed E-state index contributed by atoms with van der Waals surface area (Å²) >= 11 is 5.87. The van der Waals surface area contributed by atoms with Crippen LogP contribution in [0.2, 0.25) is 5.02 Å². The minimum absolute atomic E-state index is 0.171. The van der Waals surface area contributed by atoms with E-state index in [4.69, 9.17) is 22.6 Å². The van der Waals surface area contributed by atoms with E-state index in [9.17, 15) is 4.79 Å². The van der Waals surface area contributed by atoms with Crippen molar-refractivity contribution in [1.29, 1.82) is 5.26 Å². The largest absolute Gasteiger partial charge is 0.330 e. The molecule has 0 heterocycles. The first-order valence-electron chi connectivity index (χ1n) is 6.18. The van der Waals surface area contributed by atoms with Crippen molar-refractivity contribution in [2.24, 2.45) is 17.6 Å². The summed E-state index contributed by atoms with van der Waals surface area (Å²) < 4.78 is 0. The summed E-state index contributed by atoms with van der Waals surface area (Å²) in [6, 6.07) is 6.79. The summed E-state index contributed by atoms with van der Waals surface area (Å²) in [5.41, 5.74) is 6.44. The third-order valence-corrected chi connectivity index (χ3v) is 3.01. The Bertz CT molecular complexity index is 494. The number of nitriles is 1. The zero-order valence-corrected chi connectivity index (χ0v) is 11.9. The van der Waals surface area contributed by atoms with Crippen molar-refractivity contribution in [3.63, 3.8) is 0 Å². The summed E-state index contributed by atoms with van der Waals surface area (Å²) in [7, 11) is 0. The van der Waals surface area contributed by atoms with Crippen LogP contribution >= 0.6 is 11.6 Å². The van der Waals surface area contributed by atoms with E-state index in [0.717, 1.165) is 0 Å². The van der Waals surface area contributed by atoms with Crippen LogP contribution in [0.3, 0.4) is 0 Å². The summed E-state index contributed by atoms with van der Waals surface area (Å²) in [6.45, 7) is 4.36. The van der Waals surface area contributed by atoms with E-state index >= 15 is 0 Å². The standard InChI is InChI=1S/C14H18ClN3O/c1-9(2)5-11(8-17)14(19)18-13-6-12(15)4-3-10(13)7-16/h3-4,6,9,11H,5,8,17H2,1-2H3,(H,18,19). The number of nitrogens with two attached hydrogens (primary N) is 1. The van der Waals surface area contributed by atoms with Gasteiger partial charge in [-0.2, -0.15) is 5.26 Å². The van der Waals surface area contributed by atoms with Gasteiger partial charge in [-0.1, -0.05) is 25.4 Å². The lowest BCUT2D eigenvalue weighted by molar-refractivity contribution is -0.120. The fourth-order valence-corrected chi connectivity index (χ4v) is 2.00. The number of amides is 1. The minimum Gasteiger partial charge on any atom is -0.330 e. The number of benzene rings is 1. The smallest absolute Gasteiger partial charge is 0.228 e. The van der Waals surface area contributed by atoms with Crippen LogP contribution in [0.15, 0.2) is 18.2 Å². The molecule has 0 aliphatic carbocycles. The first-order valence-corrected chi connectivity index (χ1v) is 6.56. The molecule has 1 aromatic rings. The van der Waals surface area contributed by atoms with Crippen LogP contribution < -0.4 is 11.1 Å². The van der Waals surface area contributed by atoms with E-state index in [0.29, 0.717) is 28.6 Å². The maximum atomic E-state index is 12.1. The quantitative estimate of drug-likeness (QED) is 0.870. The van der Waals surface area contributed by atoms with Crippen molar-refractivity contribution in [2.75, 3.05) is 11.9 Å². The number of nitrogens with one attached hydrogen (secondary N) is 1. The number of carbonyl (C=O) groups excluding carboxylic acids is 1. The highest BCUT2D eigenvalue weighted by Crippen LogP contribution is 2.22. The molecule has 4 nitrogen and oxygen atoms in total. The first-order chi connectivity index (χ1) is 8.97. The Labute approximate surface area is 118 Å². The molecule has 3 N–H and O–H groups in total. The molecule has 0 spiro atoms. The normalized spacial score (nSPS) is 12.0. The molecule has 19 heavy (non-hydrogen) atoms. The monoisotopic (exact) mass is 279 g/mol. The Balaban J connectivity index is 2.86. The van der Waals surface area contributed by atoms with E-state index in [2.05, 4.69) is 5.32 Å². The van der Waals surface area contributed by atoms with Gasteiger partial charge in [-0.3, -0.25) is 4.79 Å². The highest BCUT2D eigenvalue weighted by Gasteiger charge is 2.19. The summed E-state index contributed by atoms with van der Waals surface area (Å²) in [4.78, 5) is 12.1. The van der Waals surface area contributed by atoms with Crippen LogP contribution in [-0.2, 0) is 4.79 Å². The number of hydrogen-bond acceptors (Lipinski definition) is 3. The maximum absolute atomic E-state index is 12.1. The Hall–Kier alpha value is -1.57. The van der Waals surface area contributed by atoms with E-state index in [1.165, 1.54) is 0 Å². The summed E-state index contributed by atoms with van der Waals surface area (Å²) in [5, 5.41) is 12.2. The van der Waals surface area contributed by atoms with Gasteiger partial charge in [0, 0.05) is 11.6 Å². The molecule has 1 aromatic carbocycles. The fourth-order valence-electron chi connectivity index (χ4n) is 1.83. The number of halogens is 1. The van der Waals surface area contributed by atoms with Gasteiger partial charge in [-0.25, -0.2) is 0 Å². The van der Waals surface area contributed by atoms with Gasteiger partial charge in [0.1, 0.15) is 6.07 Å². The molecule has 0 aliphatic rings. The van der Waals surface area contributed by atoms with Crippen molar-refractivity contribution in [2.45, 2.75) is 20.3 Å². The van der Waals surface area contributed by atoms with Gasteiger partial charge in [-0.15, -0.1) is 0 Å². The van der Waals surface area contributed by atoms with Crippen molar-refractivity contribution in [3.05, 3.63) is 28.8 Å². The minimum atomic E-state index is -0.259. The van der Waals surface area contributed by atoms with Gasteiger partial charge in [0.25, 0.3) is 0 Å². The number of anilines is 1. The molecular weight excluding hydrogens is 262 g/mol. The number of nitrogens with zero attached hydrogens (tertiary/aromatic N) is 1. The first kappa shape index (κ1) is 15.5. The molecule has 102 valence electrons. The highest BCUT2D eigenvalue weighted by molar-refractivity contribution is 6.31. The number of rotatable bonds is 5. The van der Waals surface area contributed by atoms with E-state index in [1.54, 1.807) is 18.2 Å². The molecule has 0 saturated heterocycles. The third-order valence-electron chi connectivity index (χ3n) is 2.77. The van der Waals surface area contributed by atoms with Crippen LogP contribution in [0.25, 0.3) is 0 Å². The molecule has 1 unspecified atom stereocenters. The topological polar surface area (TPSA) is 78.9 Å². The Morgan fingerprint density at radius 3 is 2.74 bits per heavy atom. The molecule has 0 bridgehead atoms. The van der Waals surface area contributed by atoms with Gasteiger partial charge in [0.2, 0.25) is 5.91 Å². The van der Waals surface area contributed by atoms with Gasteiger partial charge >= 0.3 is 0 Å². The second kappa shape index (κ2) is 7.13. The van der Waals surface area contributed by atoms with Crippen LogP contribution in [0.5, 0.6) is 0 Å². The molecule has 0 fully saturated rings. The lowest BCUT2D eigenvalue weighted by atomic mass is 9.96. The molecule has 1 atom stereocenters. The molecular formula is C14H18ClN3O. The number of hydrogen-bond donors (Lipinski definition) is 2. The highest BCUT2D eigenvalue weighted by atomic mass is 35.5. The zero-order chi connectivity index (χ0) is 14.4. The van der Waals surface area contributed by atoms with Gasteiger partial charge < -0.3 is 11.1 Å². The predicted molar refractivity (Wildman–Crippen MR) is 76.8 cm³/mol. The molecule has 0 saturated carbocycles. The van der Waals surface area contributed by atoms with Crippen LogP contribution in [0, 0.1) is 23.2 Å². The van der Waals surface area contributed by atoms with Gasteiger partial charge in [0.05, 0.1) is 17.2 Å². The van der Waals surface area contributed by atoms with Crippen molar-refractivity contribution < 1.29 is 4.79 Å². The average molecular weight is 280 g/mol. The third kappa shape index (κ3) is 4.55.